The highest BCUT2D eigenvalue weighted by atomic mass is 35.5. The van der Waals surface area contributed by atoms with Gasteiger partial charge in [-0.05, 0) is 36.4 Å². The van der Waals surface area contributed by atoms with Crippen LogP contribution in [0.4, 0.5) is 5.69 Å². The first-order valence-electron chi connectivity index (χ1n) is 7.64. The molecule has 0 heterocycles. The van der Waals surface area contributed by atoms with Crippen LogP contribution in [0.1, 0.15) is 0 Å². The SMILES string of the molecule is CS(=O)(=O)N(CC(=O)NCCOc1ccccc1Cl)c1ccc(Cl)cc1. The number of rotatable bonds is 8. The molecule has 140 valence electrons. The van der Waals surface area contributed by atoms with Crippen molar-refractivity contribution in [2.24, 2.45) is 0 Å². The Bertz CT molecular complexity index is 857. The molecule has 0 aromatic heterocycles. The smallest absolute Gasteiger partial charge is 0.240 e. The first-order chi connectivity index (χ1) is 12.3. The summed E-state index contributed by atoms with van der Waals surface area (Å²) < 4.78 is 30.4. The molecule has 6 nitrogen and oxygen atoms in total. The highest BCUT2D eigenvalue weighted by Gasteiger charge is 2.20. The number of amides is 1. The van der Waals surface area contributed by atoms with Gasteiger partial charge in [0.1, 0.15) is 18.9 Å². The van der Waals surface area contributed by atoms with Gasteiger partial charge in [-0.15, -0.1) is 0 Å². The fraction of sp³-hybridized carbons (Fsp3) is 0.235. The van der Waals surface area contributed by atoms with Crippen molar-refractivity contribution >= 4 is 44.8 Å². The van der Waals surface area contributed by atoms with Gasteiger partial charge in [-0.25, -0.2) is 8.42 Å². The molecule has 0 aliphatic heterocycles. The van der Waals surface area contributed by atoms with Crippen LogP contribution in [0.15, 0.2) is 48.5 Å². The van der Waals surface area contributed by atoms with Gasteiger partial charge >= 0.3 is 0 Å². The van der Waals surface area contributed by atoms with Crippen LogP contribution in [0.25, 0.3) is 0 Å². The molecule has 1 N–H and O–H groups in total. The molecular formula is C17H18Cl2N2O4S. The van der Waals surface area contributed by atoms with E-state index in [1.54, 1.807) is 36.4 Å². The number of carbonyl (C=O) groups excluding carboxylic acids is 1. The summed E-state index contributed by atoms with van der Waals surface area (Å²) in [5, 5.41) is 3.57. The van der Waals surface area contributed by atoms with E-state index in [0.717, 1.165) is 10.6 Å². The van der Waals surface area contributed by atoms with Crippen molar-refractivity contribution in [2.45, 2.75) is 0 Å². The largest absolute Gasteiger partial charge is 0.490 e. The van der Waals surface area contributed by atoms with Gasteiger partial charge in [0.15, 0.2) is 0 Å². The van der Waals surface area contributed by atoms with Crippen LogP contribution < -0.4 is 14.4 Å². The molecule has 2 aromatic rings. The lowest BCUT2D eigenvalue weighted by Gasteiger charge is -2.22. The highest BCUT2D eigenvalue weighted by molar-refractivity contribution is 7.92. The second-order valence-corrected chi connectivity index (χ2v) is 8.13. The quantitative estimate of drug-likeness (QED) is 0.671. The molecule has 0 saturated heterocycles. The Hall–Kier alpha value is -1.96. The normalized spacial score (nSPS) is 11.0. The molecule has 0 unspecified atom stereocenters. The maximum absolute atomic E-state index is 12.1. The Labute approximate surface area is 162 Å². The number of carbonyl (C=O) groups is 1. The van der Waals surface area contributed by atoms with Crippen molar-refractivity contribution in [1.29, 1.82) is 0 Å². The molecule has 0 atom stereocenters. The summed E-state index contributed by atoms with van der Waals surface area (Å²) in [5.74, 6) is 0.0653. The number of anilines is 1. The average molecular weight is 417 g/mol. The first-order valence-corrected chi connectivity index (χ1v) is 10.2. The van der Waals surface area contributed by atoms with E-state index in [-0.39, 0.29) is 19.7 Å². The van der Waals surface area contributed by atoms with Crippen LogP contribution in [0.2, 0.25) is 10.0 Å². The number of halogens is 2. The predicted molar refractivity (Wildman–Crippen MR) is 104 cm³/mol. The third kappa shape index (κ3) is 6.09. The Morgan fingerprint density at radius 3 is 2.38 bits per heavy atom. The lowest BCUT2D eigenvalue weighted by molar-refractivity contribution is -0.119. The van der Waals surface area contributed by atoms with Crippen LogP contribution >= 0.6 is 23.2 Å². The van der Waals surface area contributed by atoms with Gasteiger partial charge in [0.2, 0.25) is 15.9 Å². The zero-order valence-corrected chi connectivity index (χ0v) is 16.3. The standard InChI is InChI=1S/C17H18Cl2N2O4S/c1-26(23,24)21(14-8-6-13(18)7-9-14)12-17(22)20-10-11-25-16-5-3-2-4-15(16)19/h2-9H,10-12H2,1H3,(H,20,22). The van der Waals surface area contributed by atoms with Crippen molar-refractivity contribution in [2.75, 3.05) is 30.3 Å². The van der Waals surface area contributed by atoms with Crippen molar-refractivity contribution in [3.63, 3.8) is 0 Å². The molecule has 9 heteroatoms. The van der Waals surface area contributed by atoms with Gasteiger partial charge in [0.05, 0.1) is 23.5 Å². The van der Waals surface area contributed by atoms with Gasteiger partial charge < -0.3 is 10.1 Å². The number of nitrogens with zero attached hydrogens (tertiary/aromatic N) is 1. The van der Waals surface area contributed by atoms with Crippen LogP contribution in [-0.4, -0.2) is 40.3 Å². The summed E-state index contributed by atoms with van der Waals surface area (Å²) >= 11 is 11.8. The zero-order chi connectivity index (χ0) is 19.2. The van der Waals surface area contributed by atoms with Crippen LogP contribution in [0, 0.1) is 0 Å². The number of hydrogen-bond donors (Lipinski definition) is 1. The molecule has 0 bridgehead atoms. The first kappa shape index (κ1) is 20.4. The zero-order valence-electron chi connectivity index (χ0n) is 14.0. The fourth-order valence-corrected chi connectivity index (χ4v) is 3.28. The van der Waals surface area contributed by atoms with E-state index in [4.69, 9.17) is 27.9 Å². The Morgan fingerprint density at radius 1 is 1.12 bits per heavy atom. The van der Waals surface area contributed by atoms with Crippen molar-refractivity contribution < 1.29 is 17.9 Å². The van der Waals surface area contributed by atoms with Crippen LogP contribution in [0.5, 0.6) is 5.75 Å². The Kier molecular flexibility index (Phi) is 7.14. The number of benzene rings is 2. The number of hydrogen-bond acceptors (Lipinski definition) is 4. The monoisotopic (exact) mass is 416 g/mol. The van der Waals surface area contributed by atoms with Gasteiger partial charge in [-0.1, -0.05) is 35.3 Å². The van der Waals surface area contributed by atoms with E-state index in [0.29, 0.717) is 21.5 Å². The van der Waals surface area contributed by atoms with Gasteiger partial charge in [0, 0.05) is 5.02 Å². The highest BCUT2D eigenvalue weighted by Crippen LogP contribution is 2.23. The lowest BCUT2D eigenvalue weighted by atomic mass is 10.3. The average Bonchev–Trinajstić information content (AvgIpc) is 2.58. The van der Waals surface area contributed by atoms with E-state index < -0.39 is 15.9 Å². The van der Waals surface area contributed by atoms with E-state index in [1.165, 1.54) is 12.1 Å². The molecule has 0 aliphatic rings. The summed E-state index contributed by atoms with van der Waals surface area (Å²) in [7, 11) is -3.62. The van der Waals surface area contributed by atoms with E-state index >= 15 is 0 Å². The summed E-state index contributed by atoms with van der Waals surface area (Å²) in [6.07, 6.45) is 1.04. The molecule has 1 amide bonds. The summed E-state index contributed by atoms with van der Waals surface area (Å²) in [6, 6.07) is 13.2. The van der Waals surface area contributed by atoms with Crippen molar-refractivity contribution in [3.8, 4) is 5.75 Å². The summed E-state index contributed by atoms with van der Waals surface area (Å²) in [6.45, 7) is 0.0735. The van der Waals surface area contributed by atoms with E-state index in [1.807, 2.05) is 0 Å². The number of para-hydroxylation sites is 1. The topological polar surface area (TPSA) is 75.7 Å². The lowest BCUT2D eigenvalue weighted by Crippen LogP contribution is -2.41. The molecule has 0 saturated carbocycles. The third-order valence-corrected chi connectivity index (χ3v) is 5.03. The Balaban J connectivity index is 1.89. The third-order valence-electron chi connectivity index (χ3n) is 3.32. The minimum absolute atomic E-state index is 0.204. The molecular weight excluding hydrogens is 399 g/mol. The molecule has 2 rings (SSSR count). The van der Waals surface area contributed by atoms with Gasteiger partial charge in [0.25, 0.3) is 0 Å². The van der Waals surface area contributed by atoms with Crippen LogP contribution in [-0.2, 0) is 14.8 Å². The van der Waals surface area contributed by atoms with Crippen molar-refractivity contribution in [1.82, 2.24) is 5.32 Å². The molecule has 26 heavy (non-hydrogen) atoms. The van der Waals surface area contributed by atoms with Gasteiger partial charge in [-0.3, -0.25) is 9.10 Å². The maximum atomic E-state index is 12.1. The minimum Gasteiger partial charge on any atom is -0.490 e. The molecule has 0 radical (unpaired) electrons. The second-order valence-electron chi connectivity index (χ2n) is 5.37. The fourth-order valence-electron chi connectivity index (χ4n) is 2.11. The minimum atomic E-state index is -3.62. The van der Waals surface area contributed by atoms with Gasteiger partial charge in [-0.2, -0.15) is 0 Å². The summed E-state index contributed by atoms with van der Waals surface area (Å²) in [4.78, 5) is 12.1. The molecule has 0 aliphatic carbocycles. The number of nitrogens with one attached hydrogen (secondary N) is 1. The Morgan fingerprint density at radius 2 is 1.77 bits per heavy atom. The molecule has 0 spiro atoms. The summed E-state index contributed by atoms with van der Waals surface area (Å²) in [5.41, 5.74) is 0.361. The van der Waals surface area contributed by atoms with Crippen molar-refractivity contribution in [3.05, 3.63) is 58.6 Å². The second kappa shape index (κ2) is 9.12. The van der Waals surface area contributed by atoms with E-state index in [9.17, 15) is 13.2 Å². The maximum Gasteiger partial charge on any atom is 0.240 e. The predicted octanol–water partition coefficient (Wildman–Crippen LogP) is 2.95. The number of ether oxygens (including phenoxy) is 1. The molecule has 0 fully saturated rings. The van der Waals surface area contributed by atoms with Crippen LogP contribution in [0.3, 0.4) is 0 Å². The number of sulfonamides is 1. The van der Waals surface area contributed by atoms with E-state index in [2.05, 4.69) is 5.32 Å². The molecule has 2 aromatic carbocycles.